The molecule has 0 atom stereocenters. The summed E-state index contributed by atoms with van der Waals surface area (Å²) in [5, 5.41) is 19.6. The molecule has 0 unspecified atom stereocenters. The lowest BCUT2D eigenvalue weighted by molar-refractivity contribution is 0.628. The number of nitriles is 1. The fourth-order valence-electron chi connectivity index (χ4n) is 2.13. The monoisotopic (exact) mass is 324 g/mol. The van der Waals surface area contributed by atoms with E-state index in [4.69, 9.17) is 16.9 Å². The first kappa shape index (κ1) is 14.9. The first-order valence-corrected chi connectivity index (χ1v) is 7.09. The molecule has 0 radical (unpaired) electrons. The average molecular weight is 325 g/mol. The Kier molecular flexibility index (Phi) is 4.18. The Morgan fingerprint density at radius 1 is 1.09 bits per heavy atom. The summed E-state index contributed by atoms with van der Waals surface area (Å²) in [4.78, 5) is 0. The third kappa shape index (κ3) is 3.44. The number of rotatable bonds is 3. The molecule has 0 aliphatic heterocycles. The molecule has 0 saturated carbocycles. The van der Waals surface area contributed by atoms with Gasteiger partial charge in [0.1, 0.15) is 17.6 Å². The van der Waals surface area contributed by atoms with Crippen LogP contribution in [0.1, 0.15) is 16.8 Å². The van der Waals surface area contributed by atoms with Gasteiger partial charge in [-0.05, 0) is 41.5 Å². The Morgan fingerprint density at radius 3 is 2.57 bits per heavy atom. The van der Waals surface area contributed by atoms with Gasteiger partial charge in [-0.15, -0.1) is 5.10 Å². The van der Waals surface area contributed by atoms with Crippen molar-refractivity contribution in [2.75, 3.05) is 0 Å². The number of H-pyrrole nitrogens is 1. The highest BCUT2D eigenvalue weighted by Crippen LogP contribution is 2.26. The van der Waals surface area contributed by atoms with Gasteiger partial charge in [-0.3, -0.25) is 5.10 Å². The summed E-state index contributed by atoms with van der Waals surface area (Å²) in [7, 11) is 0. The maximum atomic E-state index is 12.9. The van der Waals surface area contributed by atoms with E-state index in [1.807, 2.05) is 24.3 Å². The molecule has 0 amide bonds. The van der Waals surface area contributed by atoms with Crippen molar-refractivity contribution in [2.45, 2.75) is 0 Å². The molecule has 0 saturated heterocycles. The lowest BCUT2D eigenvalue weighted by atomic mass is 10.1. The topological polar surface area (TPSA) is 65.4 Å². The molecule has 3 rings (SSSR count). The van der Waals surface area contributed by atoms with Crippen LogP contribution in [0, 0.1) is 17.1 Å². The van der Waals surface area contributed by atoms with Crippen LogP contribution in [0.4, 0.5) is 4.39 Å². The summed E-state index contributed by atoms with van der Waals surface area (Å²) >= 11 is 6.14. The highest BCUT2D eigenvalue weighted by Gasteiger charge is 2.10. The summed E-state index contributed by atoms with van der Waals surface area (Å²) in [5.74, 6) is -0.275. The van der Waals surface area contributed by atoms with E-state index in [2.05, 4.69) is 15.4 Å². The van der Waals surface area contributed by atoms with E-state index in [0.717, 1.165) is 16.7 Å². The Bertz CT molecular complexity index is 907. The van der Waals surface area contributed by atoms with Crippen LogP contribution in [0.15, 0.2) is 42.5 Å². The number of hydrogen-bond acceptors (Lipinski definition) is 3. The predicted octanol–water partition coefficient (Wildman–Crippen LogP) is 4.31. The quantitative estimate of drug-likeness (QED) is 0.730. The van der Waals surface area contributed by atoms with E-state index < -0.39 is 0 Å². The highest BCUT2D eigenvalue weighted by molar-refractivity contribution is 6.31. The molecule has 0 spiro atoms. The van der Waals surface area contributed by atoms with E-state index in [1.165, 1.54) is 12.1 Å². The summed E-state index contributed by atoms with van der Waals surface area (Å²) in [6.45, 7) is 0. The zero-order chi connectivity index (χ0) is 16.2. The Balaban J connectivity index is 1.95. The molecule has 0 aliphatic rings. The van der Waals surface area contributed by atoms with Crippen LogP contribution in [0.5, 0.6) is 0 Å². The second kappa shape index (κ2) is 6.42. The molecule has 112 valence electrons. The van der Waals surface area contributed by atoms with Gasteiger partial charge in [0.2, 0.25) is 0 Å². The van der Waals surface area contributed by atoms with E-state index in [0.29, 0.717) is 10.7 Å². The third-order valence-electron chi connectivity index (χ3n) is 3.20. The van der Waals surface area contributed by atoms with Gasteiger partial charge in [0.05, 0.1) is 0 Å². The average Bonchev–Trinajstić information content (AvgIpc) is 3.02. The molecule has 4 nitrogen and oxygen atoms in total. The van der Waals surface area contributed by atoms with Crippen molar-refractivity contribution in [3.05, 3.63) is 70.1 Å². The normalized spacial score (nSPS) is 10.8. The predicted molar refractivity (Wildman–Crippen MR) is 86.9 cm³/mol. The standard InChI is InChI=1S/C17H10ClFN4/c18-14-8-12(2-1-11-3-5-15(19)6-4-11)7-13(9-14)17-16(10-20)21-23-22-17/h1-9H,(H,21,22,23). The summed E-state index contributed by atoms with van der Waals surface area (Å²) < 4.78 is 12.9. The van der Waals surface area contributed by atoms with Crippen LogP contribution in [-0.2, 0) is 0 Å². The first-order chi connectivity index (χ1) is 11.2. The maximum Gasteiger partial charge on any atom is 0.190 e. The number of hydrogen-bond donors (Lipinski definition) is 1. The van der Waals surface area contributed by atoms with Crippen molar-refractivity contribution in [2.24, 2.45) is 0 Å². The van der Waals surface area contributed by atoms with Gasteiger partial charge in [-0.2, -0.15) is 5.26 Å². The van der Waals surface area contributed by atoms with Crippen LogP contribution >= 0.6 is 11.6 Å². The molecule has 0 aliphatic carbocycles. The number of aromatic nitrogens is 3. The van der Waals surface area contributed by atoms with Gasteiger partial charge in [0.15, 0.2) is 5.69 Å². The van der Waals surface area contributed by atoms with Gasteiger partial charge in [-0.25, -0.2) is 4.39 Å². The second-order valence-electron chi connectivity index (χ2n) is 4.81. The van der Waals surface area contributed by atoms with Crippen molar-refractivity contribution in [3.63, 3.8) is 0 Å². The minimum atomic E-state index is -0.275. The van der Waals surface area contributed by atoms with Crippen LogP contribution in [0.25, 0.3) is 23.4 Å². The van der Waals surface area contributed by atoms with Crippen molar-refractivity contribution < 1.29 is 4.39 Å². The molecule has 6 heteroatoms. The van der Waals surface area contributed by atoms with Crippen molar-refractivity contribution in [3.8, 4) is 17.3 Å². The van der Waals surface area contributed by atoms with Gasteiger partial charge in [0.25, 0.3) is 0 Å². The van der Waals surface area contributed by atoms with Crippen LogP contribution in [0.2, 0.25) is 5.02 Å². The minimum Gasteiger partial charge on any atom is -0.256 e. The fraction of sp³-hybridized carbons (Fsp3) is 0. The maximum absolute atomic E-state index is 12.9. The summed E-state index contributed by atoms with van der Waals surface area (Å²) in [5.41, 5.74) is 3.16. The largest absolute Gasteiger partial charge is 0.256 e. The van der Waals surface area contributed by atoms with E-state index in [9.17, 15) is 4.39 Å². The van der Waals surface area contributed by atoms with Gasteiger partial charge in [-0.1, -0.05) is 41.1 Å². The Hall–Kier alpha value is -2.97. The number of nitrogens with zero attached hydrogens (tertiary/aromatic N) is 3. The van der Waals surface area contributed by atoms with Crippen LogP contribution < -0.4 is 0 Å². The molecular weight excluding hydrogens is 315 g/mol. The lowest BCUT2D eigenvalue weighted by Crippen LogP contribution is -1.85. The molecule has 0 bridgehead atoms. The van der Waals surface area contributed by atoms with Crippen molar-refractivity contribution in [1.29, 1.82) is 5.26 Å². The van der Waals surface area contributed by atoms with Crippen LogP contribution in [0.3, 0.4) is 0 Å². The van der Waals surface area contributed by atoms with Gasteiger partial charge in [0, 0.05) is 10.6 Å². The second-order valence-corrected chi connectivity index (χ2v) is 5.24. The third-order valence-corrected chi connectivity index (χ3v) is 3.42. The Morgan fingerprint density at radius 2 is 1.83 bits per heavy atom. The van der Waals surface area contributed by atoms with E-state index >= 15 is 0 Å². The smallest absolute Gasteiger partial charge is 0.190 e. The number of benzene rings is 2. The van der Waals surface area contributed by atoms with E-state index in [1.54, 1.807) is 24.3 Å². The van der Waals surface area contributed by atoms with Gasteiger partial charge >= 0.3 is 0 Å². The number of halogens is 2. The van der Waals surface area contributed by atoms with Gasteiger partial charge < -0.3 is 0 Å². The fourth-order valence-corrected chi connectivity index (χ4v) is 2.37. The summed E-state index contributed by atoms with van der Waals surface area (Å²) in [6, 6.07) is 13.5. The molecule has 2 aromatic carbocycles. The zero-order valence-electron chi connectivity index (χ0n) is 11.8. The molecule has 0 fully saturated rings. The van der Waals surface area contributed by atoms with Crippen molar-refractivity contribution >= 4 is 23.8 Å². The van der Waals surface area contributed by atoms with E-state index in [-0.39, 0.29) is 11.5 Å². The SMILES string of the molecule is N#Cc1nn[nH]c1-c1cc(Cl)cc(C=Cc2ccc(F)cc2)c1. The molecular formula is C17H10ClFN4. The lowest BCUT2D eigenvalue weighted by Gasteiger charge is -2.02. The molecule has 1 aromatic heterocycles. The van der Waals surface area contributed by atoms with Crippen molar-refractivity contribution in [1.82, 2.24) is 15.4 Å². The van der Waals surface area contributed by atoms with Crippen LogP contribution in [-0.4, -0.2) is 15.4 Å². The minimum absolute atomic E-state index is 0.209. The zero-order valence-corrected chi connectivity index (χ0v) is 12.5. The summed E-state index contributed by atoms with van der Waals surface area (Å²) in [6.07, 6.45) is 3.71. The number of aromatic amines is 1. The Labute approximate surface area is 136 Å². The highest BCUT2D eigenvalue weighted by atomic mass is 35.5. The molecule has 3 aromatic rings. The molecule has 1 heterocycles. The molecule has 23 heavy (non-hydrogen) atoms. The molecule has 1 N–H and O–H groups in total. The number of nitrogens with one attached hydrogen (secondary N) is 1. The first-order valence-electron chi connectivity index (χ1n) is 6.71.